The average molecular weight is 440 g/mol. The average Bonchev–Trinajstić information content (AvgIpc) is 3.32. The molecule has 1 saturated heterocycles. The number of carbonyl (C=O) groups is 2. The fourth-order valence-electron chi connectivity index (χ4n) is 4.06. The molecule has 1 aromatic heterocycles. The first-order valence-corrected chi connectivity index (χ1v) is 11.5. The minimum atomic E-state index is -0.625. The van der Waals surface area contributed by atoms with Crippen LogP contribution in [0.25, 0.3) is 0 Å². The van der Waals surface area contributed by atoms with Gasteiger partial charge in [0.25, 0.3) is 5.91 Å². The lowest BCUT2D eigenvalue weighted by Crippen LogP contribution is -2.54. The second-order valence-corrected chi connectivity index (χ2v) is 10.2. The molecule has 2 aliphatic heterocycles. The lowest BCUT2D eigenvalue weighted by atomic mass is 9.95. The van der Waals surface area contributed by atoms with Crippen LogP contribution in [0.1, 0.15) is 49.6 Å². The van der Waals surface area contributed by atoms with E-state index in [-0.39, 0.29) is 12.0 Å². The Kier molecular flexibility index (Phi) is 5.64. The molecule has 1 aromatic carbocycles. The predicted octanol–water partition coefficient (Wildman–Crippen LogP) is 4.62. The topological polar surface area (TPSA) is 62.2 Å². The third-order valence-electron chi connectivity index (χ3n) is 5.70. The van der Waals surface area contributed by atoms with Crippen LogP contribution in [0, 0.1) is 6.92 Å². The van der Waals surface area contributed by atoms with Crippen LogP contribution < -0.4 is 0 Å². The molecule has 2 amide bonds. The predicted molar refractivity (Wildman–Crippen MR) is 122 cm³/mol. The number of carbonyl (C=O) groups excluding carboxylic acids is 2. The molecule has 1 spiro atoms. The van der Waals surface area contributed by atoms with E-state index in [0.717, 1.165) is 10.4 Å². The number of aliphatic imine (C=N–C) groups is 1. The molecule has 0 saturated carbocycles. The summed E-state index contributed by atoms with van der Waals surface area (Å²) in [5.74, 6) is -0.0336. The van der Waals surface area contributed by atoms with Gasteiger partial charge in [0.05, 0.1) is 4.88 Å². The van der Waals surface area contributed by atoms with Gasteiger partial charge in [-0.1, -0.05) is 35.9 Å². The van der Waals surface area contributed by atoms with E-state index in [1.807, 2.05) is 43.2 Å². The van der Waals surface area contributed by atoms with Crippen molar-refractivity contribution < 1.29 is 14.3 Å². The first kappa shape index (κ1) is 21.6. The van der Waals surface area contributed by atoms with Gasteiger partial charge in [-0.3, -0.25) is 4.79 Å². The summed E-state index contributed by atoms with van der Waals surface area (Å²) in [6.07, 6.45) is 0.886. The Morgan fingerprint density at radius 3 is 2.42 bits per heavy atom. The Labute approximate surface area is 187 Å². The molecule has 4 rings (SSSR count). The van der Waals surface area contributed by atoms with E-state index in [0.29, 0.717) is 38.2 Å². The van der Waals surface area contributed by atoms with Crippen molar-refractivity contribution in [3.63, 3.8) is 0 Å². The standard InChI is InChI=1S/C24H29N3O3S/c1-17-7-9-18(10-8-17)16-27-21(28)20(19-6-5-15-31-19)25-24(27)11-13-26(14-12-24)22(29)30-23(2,3)4/h5-10,15H,11-14,16H2,1-4H3. The van der Waals surface area contributed by atoms with E-state index in [1.54, 1.807) is 4.90 Å². The third-order valence-corrected chi connectivity index (χ3v) is 6.58. The van der Waals surface area contributed by atoms with Crippen molar-refractivity contribution in [2.45, 2.75) is 58.3 Å². The van der Waals surface area contributed by atoms with Gasteiger partial charge >= 0.3 is 6.09 Å². The van der Waals surface area contributed by atoms with Crippen molar-refractivity contribution in [2.75, 3.05) is 13.1 Å². The zero-order valence-electron chi connectivity index (χ0n) is 18.6. The summed E-state index contributed by atoms with van der Waals surface area (Å²) in [5.41, 5.74) is 1.65. The Morgan fingerprint density at radius 1 is 1.16 bits per heavy atom. The molecule has 0 N–H and O–H groups in total. The van der Waals surface area contributed by atoms with E-state index >= 15 is 0 Å². The molecule has 7 heteroatoms. The molecule has 2 aromatic rings. The molecule has 0 bridgehead atoms. The van der Waals surface area contributed by atoms with Crippen LogP contribution in [0.15, 0.2) is 46.8 Å². The Bertz CT molecular complexity index is 982. The molecule has 164 valence electrons. The number of amides is 2. The molecular weight excluding hydrogens is 410 g/mol. The van der Waals surface area contributed by atoms with Gasteiger partial charge in [-0.2, -0.15) is 0 Å². The second-order valence-electron chi connectivity index (χ2n) is 9.26. The summed E-state index contributed by atoms with van der Waals surface area (Å²) in [4.78, 5) is 35.5. The number of hydrogen-bond acceptors (Lipinski definition) is 5. The van der Waals surface area contributed by atoms with Gasteiger partial charge in [0, 0.05) is 32.5 Å². The molecule has 2 aliphatic rings. The highest BCUT2D eigenvalue weighted by atomic mass is 32.1. The molecular formula is C24H29N3O3S. The van der Waals surface area contributed by atoms with Gasteiger partial charge in [-0.25, -0.2) is 9.79 Å². The number of thiophene rings is 1. The van der Waals surface area contributed by atoms with Crippen molar-refractivity contribution in [1.29, 1.82) is 0 Å². The summed E-state index contributed by atoms with van der Waals surface area (Å²) < 4.78 is 5.54. The van der Waals surface area contributed by atoms with Gasteiger partial charge < -0.3 is 14.5 Å². The highest BCUT2D eigenvalue weighted by Gasteiger charge is 2.49. The smallest absolute Gasteiger partial charge is 0.410 e. The Balaban J connectivity index is 1.58. The van der Waals surface area contributed by atoms with Crippen LogP contribution in [0.2, 0.25) is 0 Å². The van der Waals surface area contributed by atoms with Crippen molar-refractivity contribution in [1.82, 2.24) is 9.80 Å². The summed E-state index contributed by atoms with van der Waals surface area (Å²) in [6, 6.07) is 12.1. The highest BCUT2D eigenvalue weighted by molar-refractivity contribution is 7.13. The summed E-state index contributed by atoms with van der Waals surface area (Å²) in [7, 11) is 0. The first-order valence-electron chi connectivity index (χ1n) is 10.7. The van der Waals surface area contributed by atoms with Crippen LogP contribution >= 0.6 is 11.3 Å². The van der Waals surface area contributed by atoms with E-state index < -0.39 is 11.3 Å². The monoisotopic (exact) mass is 439 g/mol. The van der Waals surface area contributed by atoms with Crippen LogP contribution in [0.4, 0.5) is 4.79 Å². The molecule has 0 aliphatic carbocycles. The van der Waals surface area contributed by atoms with Crippen molar-refractivity contribution in [3.8, 4) is 0 Å². The van der Waals surface area contributed by atoms with Crippen LogP contribution in [-0.4, -0.2) is 51.9 Å². The summed E-state index contributed by atoms with van der Waals surface area (Å²) >= 11 is 1.53. The number of nitrogens with zero attached hydrogens (tertiary/aromatic N) is 3. The number of piperidine rings is 1. The van der Waals surface area contributed by atoms with E-state index in [2.05, 4.69) is 31.2 Å². The second kappa shape index (κ2) is 8.11. The number of benzene rings is 1. The summed E-state index contributed by atoms with van der Waals surface area (Å²) in [6.45, 7) is 9.18. The molecule has 0 radical (unpaired) electrons. The quantitative estimate of drug-likeness (QED) is 0.701. The maximum absolute atomic E-state index is 13.4. The maximum Gasteiger partial charge on any atom is 0.410 e. The Hall–Kier alpha value is -2.67. The number of hydrogen-bond donors (Lipinski definition) is 0. The highest BCUT2D eigenvalue weighted by Crippen LogP contribution is 2.38. The molecule has 6 nitrogen and oxygen atoms in total. The zero-order valence-corrected chi connectivity index (χ0v) is 19.4. The largest absolute Gasteiger partial charge is 0.444 e. The van der Waals surface area contributed by atoms with Gasteiger partial charge in [0.15, 0.2) is 0 Å². The molecule has 31 heavy (non-hydrogen) atoms. The zero-order chi connectivity index (χ0) is 22.2. The van der Waals surface area contributed by atoms with Crippen LogP contribution in [0.3, 0.4) is 0 Å². The minimum absolute atomic E-state index is 0.0336. The normalized spacial score (nSPS) is 18.5. The lowest BCUT2D eigenvalue weighted by Gasteiger charge is -2.43. The third kappa shape index (κ3) is 4.51. The minimum Gasteiger partial charge on any atom is -0.444 e. The number of ether oxygens (including phenoxy) is 1. The van der Waals surface area contributed by atoms with E-state index in [4.69, 9.17) is 9.73 Å². The number of aryl methyl sites for hydroxylation is 1. The van der Waals surface area contributed by atoms with Crippen molar-refractivity contribution >= 4 is 29.0 Å². The van der Waals surface area contributed by atoms with Crippen molar-refractivity contribution in [3.05, 3.63) is 57.8 Å². The van der Waals surface area contributed by atoms with Gasteiger partial charge in [0.2, 0.25) is 0 Å². The van der Waals surface area contributed by atoms with Crippen LogP contribution in [-0.2, 0) is 16.1 Å². The Morgan fingerprint density at radius 2 is 1.84 bits per heavy atom. The molecule has 0 unspecified atom stereocenters. The molecule has 1 fully saturated rings. The number of rotatable bonds is 3. The van der Waals surface area contributed by atoms with E-state index in [1.165, 1.54) is 16.9 Å². The van der Waals surface area contributed by atoms with Gasteiger partial charge in [-0.15, -0.1) is 11.3 Å². The lowest BCUT2D eigenvalue weighted by molar-refractivity contribution is -0.130. The van der Waals surface area contributed by atoms with Crippen LogP contribution in [0.5, 0.6) is 0 Å². The van der Waals surface area contributed by atoms with Gasteiger partial charge in [0.1, 0.15) is 17.0 Å². The molecule has 0 atom stereocenters. The molecule has 3 heterocycles. The van der Waals surface area contributed by atoms with Crippen molar-refractivity contribution in [2.24, 2.45) is 4.99 Å². The first-order chi connectivity index (χ1) is 14.7. The number of likely N-dealkylation sites (tertiary alicyclic amines) is 1. The van der Waals surface area contributed by atoms with E-state index in [9.17, 15) is 9.59 Å². The fraction of sp³-hybridized carbons (Fsp3) is 0.458. The maximum atomic E-state index is 13.4. The fourth-order valence-corrected chi connectivity index (χ4v) is 4.76. The van der Waals surface area contributed by atoms with Gasteiger partial charge in [-0.05, 0) is 44.7 Å². The SMILES string of the molecule is Cc1ccc(CN2C(=O)C(c3cccs3)=NC23CCN(C(=O)OC(C)(C)C)CC3)cc1. The summed E-state index contributed by atoms with van der Waals surface area (Å²) in [5, 5.41) is 1.96.